The molecule has 0 heterocycles. The van der Waals surface area contributed by atoms with Crippen LogP contribution in [0.4, 0.5) is 0 Å². The molecule has 0 bridgehead atoms. The van der Waals surface area contributed by atoms with Crippen LogP contribution in [0.15, 0.2) is 53.5 Å². The third kappa shape index (κ3) is 7.96. The van der Waals surface area contributed by atoms with Crippen molar-refractivity contribution in [1.82, 2.24) is 15.5 Å². The predicted octanol–water partition coefficient (Wildman–Crippen LogP) is 3.29. The first kappa shape index (κ1) is 22.7. The lowest BCUT2D eigenvalue weighted by atomic mass is 10.1. The number of guanidine groups is 1. The Morgan fingerprint density at radius 1 is 1.10 bits per heavy atom. The summed E-state index contributed by atoms with van der Waals surface area (Å²) < 4.78 is 5.57. The summed E-state index contributed by atoms with van der Waals surface area (Å²) >= 11 is 0. The fourth-order valence-corrected chi connectivity index (χ4v) is 3.20. The Balaban J connectivity index is 1.46. The summed E-state index contributed by atoms with van der Waals surface area (Å²) in [5.41, 5.74) is 3.72. The molecule has 2 aromatic rings. The molecular formula is C25H34N4O2. The maximum absolute atomic E-state index is 11.7. The van der Waals surface area contributed by atoms with Crippen molar-refractivity contribution in [2.75, 3.05) is 26.7 Å². The van der Waals surface area contributed by atoms with E-state index in [0.29, 0.717) is 18.3 Å². The van der Waals surface area contributed by atoms with Crippen LogP contribution in [0.5, 0.6) is 5.75 Å². The van der Waals surface area contributed by atoms with Gasteiger partial charge in [0.25, 0.3) is 5.91 Å². The van der Waals surface area contributed by atoms with Gasteiger partial charge in [-0.3, -0.25) is 9.79 Å². The summed E-state index contributed by atoms with van der Waals surface area (Å²) in [4.78, 5) is 18.7. The molecule has 1 fully saturated rings. The molecule has 3 rings (SSSR count). The molecule has 0 aliphatic heterocycles. The minimum absolute atomic E-state index is 0.0494. The van der Waals surface area contributed by atoms with Crippen molar-refractivity contribution in [2.45, 2.75) is 45.7 Å². The smallest absolute Gasteiger partial charge is 0.258 e. The van der Waals surface area contributed by atoms with E-state index in [2.05, 4.69) is 60.7 Å². The van der Waals surface area contributed by atoms with Crippen molar-refractivity contribution in [1.29, 1.82) is 0 Å². The van der Waals surface area contributed by atoms with Gasteiger partial charge in [0.05, 0.1) is 0 Å². The molecule has 1 saturated carbocycles. The second-order valence-corrected chi connectivity index (χ2v) is 8.10. The van der Waals surface area contributed by atoms with Gasteiger partial charge < -0.3 is 20.3 Å². The molecule has 0 saturated heterocycles. The van der Waals surface area contributed by atoms with E-state index in [1.807, 2.05) is 24.3 Å². The Kier molecular flexibility index (Phi) is 8.33. The highest BCUT2D eigenvalue weighted by atomic mass is 16.5. The standard InChI is InChI=1S/C25H34N4O2/c1-4-26-25(29(3)17-21-7-5-19(2)6-8-21)27-16-15-20-9-13-23(14-10-20)31-18-24(30)28-22-11-12-22/h5-10,13-14,22H,4,11-12,15-18H2,1-3H3,(H,26,27)(H,28,30). The number of ether oxygens (including phenoxy) is 1. The van der Waals surface area contributed by atoms with Gasteiger partial charge in [-0.15, -0.1) is 0 Å². The molecule has 2 aromatic carbocycles. The van der Waals surface area contributed by atoms with E-state index >= 15 is 0 Å². The van der Waals surface area contributed by atoms with Gasteiger partial charge in [0.15, 0.2) is 12.6 Å². The van der Waals surface area contributed by atoms with Crippen molar-refractivity contribution in [3.63, 3.8) is 0 Å². The van der Waals surface area contributed by atoms with Gasteiger partial charge in [0, 0.05) is 32.7 Å². The Hall–Kier alpha value is -3.02. The minimum atomic E-state index is -0.0494. The summed E-state index contributed by atoms with van der Waals surface area (Å²) in [6.45, 7) is 6.59. The van der Waals surface area contributed by atoms with Crippen LogP contribution in [0.25, 0.3) is 0 Å². The van der Waals surface area contributed by atoms with E-state index in [1.165, 1.54) is 16.7 Å². The van der Waals surface area contributed by atoms with Gasteiger partial charge in [0.1, 0.15) is 5.75 Å². The number of nitrogens with one attached hydrogen (secondary N) is 2. The van der Waals surface area contributed by atoms with Crippen LogP contribution in [0, 0.1) is 6.92 Å². The van der Waals surface area contributed by atoms with E-state index in [9.17, 15) is 4.79 Å². The summed E-state index contributed by atoms with van der Waals surface area (Å²) in [6.07, 6.45) is 3.01. The van der Waals surface area contributed by atoms with E-state index in [4.69, 9.17) is 9.73 Å². The van der Waals surface area contributed by atoms with Crippen molar-refractivity contribution in [3.05, 3.63) is 65.2 Å². The van der Waals surface area contributed by atoms with Crippen LogP contribution in [0.3, 0.4) is 0 Å². The fraction of sp³-hybridized carbons (Fsp3) is 0.440. The molecule has 6 nitrogen and oxygen atoms in total. The Morgan fingerprint density at radius 2 is 1.77 bits per heavy atom. The van der Waals surface area contributed by atoms with Gasteiger partial charge in [-0.2, -0.15) is 0 Å². The van der Waals surface area contributed by atoms with Crippen LogP contribution in [0.2, 0.25) is 0 Å². The Bertz CT molecular complexity index is 858. The monoisotopic (exact) mass is 422 g/mol. The molecule has 0 aromatic heterocycles. The molecule has 1 aliphatic rings. The lowest BCUT2D eigenvalue weighted by molar-refractivity contribution is -0.123. The van der Waals surface area contributed by atoms with Crippen LogP contribution in [-0.2, 0) is 17.8 Å². The van der Waals surface area contributed by atoms with Gasteiger partial charge in [-0.1, -0.05) is 42.0 Å². The number of amides is 1. The second-order valence-electron chi connectivity index (χ2n) is 8.10. The lowest BCUT2D eigenvalue weighted by Gasteiger charge is -2.22. The number of rotatable bonds is 10. The fourth-order valence-electron chi connectivity index (χ4n) is 3.20. The Morgan fingerprint density at radius 3 is 2.42 bits per heavy atom. The average molecular weight is 423 g/mol. The number of hydrogen-bond acceptors (Lipinski definition) is 3. The first-order chi connectivity index (χ1) is 15.0. The van der Waals surface area contributed by atoms with Crippen molar-refractivity contribution < 1.29 is 9.53 Å². The molecule has 166 valence electrons. The lowest BCUT2D eigenvalue weighted by Crippen LogP contribution is -2.38. The quantitative estimate of drug-likeness (QED) is 0.456. The Labute approximate surface area is 185 Å². The molecule has 31 heavy (non-hydrogen) atoms. The SMILES string of the molecule is CCNC(=NCCc1ccc(OCC(=O)NC2CC2)cc1)N(C)Cc1ccc(C)cc1. The maximum Gasteiger partial charge on any atom is 0.258 e. The van der Waals surface area contributed by atoms with E-state index in [1.54, 1.807) is 0 Å². The topological polar surface area (TPSA) is 66.0 Å². The number of nitrogens with zero attached hydrogens (tertiary/aromatic N) is 2. The van der Waals surface area contributed by atoms with E-state index < -0.39 is 0 Å². The number of aliphatic imine (C=N–C) groups is 1. The minimum Gasteiger partial charge on any atom is -0.484 e. The van der Waals surface area contributed by atoms with Crippen molar-refractivity contribution >= 4 is 11.9 Å². The molecule has 0 atom stereocenters. The van der Waals surface area contributed by atoms with Gasteiger partial charge in [-0.25, -0.2) is 0 Å². The first-order valence-electron chi connectivity index (χ1n) is 11.1. The predicted molar refractivity (Wildman–Crippen MR) is 125 cm³/mol. The highest BCUT2D eigenvalue weighted by molar-refractivity contribution is 5.79. The molecule has 2 N–H and O–H groups in total. The summed E-state index contributed by atoms with van der Waals surface area (Å²) in [7, 11) is 2.06. The summed E-state index contributed by atoms with van der Waals surface area (Å²) in [5, 5.41) is 6.29. The van der Waals surface area contributed by atoms with E-state index in [0.717, 1.165) is 38.3 Å². The van der Waals surface area contributed by atoms with Crippen molar-refractivity contribution in [2.24, 2.45) is 4.99 Å². The third-order valence-electron chi connectivity index (χ3n) is 5.13. The zero-order chi connectivity index (χ0) is 22.1. The molecule has 1 aliphatic carbocycles. The number of carbonyl (C=O) groups excluding carboxylic acids is 1. The number of hydrogen-bond donors (Lipinski definition) is 2. The van der Waals surface area contributed by atoms with Crippen LogP contribution in [-0.4, -0.2) is 49.6 Å². The number of aryl methyl sites for hydroxylation is 1. The van der Waals surface area contributed by atoms with Crippen LogP contribution < -0.4 is 15.4 Å². The zero-order valence-electron chi connectivity index (χ0n) is 18.9. The molecule has 6 heteroatoms. The van der Waals surface area contributed by atoms with Crippen LogP contribution >= 0.6 is 0 Å². The summed E-state index contributed by atoms with van der Waals surface area (Å²) in [5.74, 6) is 1.57. The van der Waals surface area contributed by atoms with Crippen molar-refractivity contribution in [3.8, 4) is 5.75 Å². The average Bonchev–Trinajstić information content (AvgIpc) is 3.58. The highest BCUT2D eigenvalue weighted by Gasteiger charge is 2.23. The molecule has 0 radical (unpaired) electrons. The first-order valence-corrected chi connectivity index (χ1v) is 11.1. The second kappa shape index (κ2) is 11.4. The molecule has 0 unspecified atom stereocenters. The van der Waals surface area contributed by atoms with E-state index in [-0.39, 0.29) is 12.5 Å². The molecular weight excluding hydrogens is 388 g/mol. The third-order valence-corrected chi connectivity index (χ3v) is 5.13. The van der Waals surface area contributed by atoms with Crippen LogP contribution in [0.1, 0.15) is 36.5 Å². The normalized spacial score (nSPS) is 13.6. The largest absolute Gasteiger partial charge is 0.484 e. The number of benzene rings is 2. The molecule has 1 amide bonds. The van der Waals surface area contributed by atoms with Gasteiger partial charge >= 0.3 is 0 Å². The highest BCUT2D eigenvalue weighted by Crippen LogP contribution is 2.18. The van der Waals surface area contributed by atoms with Gasteiger partial charge in [-0.05, 0) is 56.4 Å². The van der Waals surface area contributed by atoms with Gasteiger partial charge in [0.2, 0.25) is 0 Å². The summed E-state index contributed by atoms with van der Waals surface area (Å²) in [6, 6.07) is 16.9. The zero-order valence-corrected chi connectivity index (χ0v) is 18.9. The maximum atomic E-state index is 11.7. The molecule has 0 spiro atoms. The number of carbonyl (C=O) groups is 1.